The van der Waals surface area contributed by atoms with Gasteiger partial charge in [0, 0.05) is 12.6 Å². The van der Waals surface area contributed by atoms with E-state index < -0.39 is 0 Å². The number of hydrogen-bond acceptors (Lipinski definition) is 5. The Hall–Kier alpha value is -1.57. The first-order valence-electron chi connectivity index (χ1n) is 5.50. The van der Waals surface area contributed by atoms with Crippen molar-refractivity contribution in [1.29, 1.82) is 0 Å². The summed E-state index contributed by atoms with van der Waals surface area (Å²) in [4.78, 5) is 8.11. The van der Waals surface area contributed by atoms with Gasteiger partial charge in [0.1, 0.15) is 11.6 Å². The average Bonchev–Trinajstić information content (AvgIpc) is 2.32. The normalized spacial score (nSPS) is 10.1. The van der Waals surface area contributed by atoms with Gasteiger partial charge < -0.3 is 15.8 Å². The van der Waals surface area contributed by atoms with Crippen LogP contribution in [0.4, 0.5) is 11.8 Å². The molecule has 0 aliphatic carbocycles. The van der Waals surface area contributed by atoms with Crippen LogP contribution in [0, 0.1) is 3.57 Å². The van der Waals surface area contributed by atoms with Crippen molar-refractivity contribution in [3.8, 4) is 11.6 Å². The quantitative estimate of drug-likeness (QED) is 0.825. The fourth-order valence-corrected chi connectivity index (χ4v) is 1.90. The Morgan fingerprint density at radius 3 is 2.83 bits per heavy atom. The maximum atomic E-state index is 5.70. The molecule has 0 atom stereocenters. The molecule has 1 aromatic carbocycles. The topological polar surface area (TPSA) is 73.1 Å². The Balaban J connectivity index is 2.26. The molecule has 94 valence electrons. The molecule has 5 nitrogen and oxygen atoms in total. The molecule has 0 radical (unpaired) electrons. The lowest BCUT2D eigenvalue weighted by atomic mass is 10.3. The van der Waals surface area contributed by atoms with Crippen molar-refractivity contribution in [2.45, 2.75) is 6.92 Å². The molecule has 1 aromatic heterocycles. The number of nitrogens with zero attached hydrogens (tertiary/aromatic N) is 2. The second kappa shape index (κ2) is 5.85. The summed E-state index contributed by atoms with van der Waals surface area (Å²) in [6.07, 6.45) is 0. The summed E-state index contributed by atoms with van der Waals surface area (Å²) in [6.45, 7) is 2.75. The standard InChI is InChI=1S/C12H13IN4O/c1-2-15-10-7-11(17-12(14)16-10)18-9-6-4-3-5-8(9)13/h3-7H,2H2,1H3,(H3,14,15,16,17). The number of halogens is 1. The number of para-hydroxylation sites is 1. The fraction of sp³-hybridized carbons (Fsp3) is 0.167. The molecule has 0 aliphatic rings. The van der Waals surface area contributed by atoms with Gasteiger partial charge in [-0.2, -0.15) is 9.97 Å². The summed E-state index contributed by atoms with van der Waals surface area (Å²) < 4.78 is 6.71. The average molecular weight is 356 g/mol. The van der Waals surface area contributed by atoms with Gasteiger partial charge in [-0.15, -0.1) is 0 Å². The predicted octanol–water partition coefficient (Wildman–Crippen LogP) is 2.89. The van der Waals surface area contributed by atoms with Gasteiger partial charge in [-0.25, -0.2) is 0 Å². The number of ether oxygens (including phenoxy) is 1. The lowest BCUT2D eigenvalue weighted by Gasteiger charge is -2.09. The van der Waals surface area contributed by atoms with E-state index >= 15 is 0 Å². The van der Waals surface area contributed by atoms with Crippen molar-refractivity contribution < 1.29 is 4.74 Å². The van der Waals surface area contributed by atoms with E-state index in [0.717, 1.165) is 15.9 Å². The van der Waals surface area contributed by atoms with Crippen LogP contribution in [-0.2, 0) is 0 Å². The zero-order valence-corrected chi connectivity index (χ0v) is 12.0. The number of hydrogen-bond donors (Lipinski definition) is 2. The minimum absolute atomic E-state index is 0.189. The van der Waals surface area contributed by atoms with Crippen molar-refractivity contribution >= 4 is 34.4 Å². The van der Waals surface area contributed by atoms with E-state index in [1.54, 1.807) is 6.07 Å². The molecule has 2 rings (SSSR count). The maximum absolute atomic E-state index is 5.70. The number of nitrogens with two attached hydrogens (primary N) is 1. The Morgan fingerprint density at radius 2 is 2.11 bits per heavy atom. The molecule has 0 saturated heterocycles. The Labute approximate surface area is 119 Å². The van der Waals surface area contributed by atoms with Crippen molar-refractivity contribution in [3.63, 3.8) is 0 Å². The van der Waals surface area contributed by atoms with Gasteiger partial charge in [0.05, 0.1) is 3.57 Å². The third-order valence-corrected chi connectivity index (χ3v) is 3.02. The van der Waals surface area contributed by atoms with Crippen LogP contribution in [0.2, 0.25) is 0 Å². The highest BCUT2D eigenvalue weighted by molar-refractivity contribution is 14.1. The molecule has 3 N–H and O–H groups in total. The summed E-state index contributed by atoms with van der Waals surface area (Å²) in [7, 11) is 0. The van der Waals surface area contributed by atoms with Gasteiger partial charge >= 0.3 is 0 Å². The number of nitrogens with one attached hydrogen (secondary N) is 1. The third kappa shape index (κ3) is 3.22. The summed E-state index contributed by atoms with van der Waals surface area (Å²) in [6, 6.07) is 9.43. The van der Waals surface area contributed by atoms with Crippen molar-refractivity contribution in [2.24, 2.45) is 0 Å². The molecule has 2 aromatic rings. The monoisotopic (exact) mass is 356 g/mol. The van der Waals surface area contributed by atoms with E-state index in [9.17, 15) is 0 Å². The Morgan fingerprint density at radius 1 is 1.33 bits per heavy atom. The van der Waals surface area contributed by atoms with Gasteiger partial charge in [-0.3, -0.25) is 0 Å². The summed E-state index contributed by atoms with van der Waals surface area (Å²) in [5, 5.41) is 3.08. The van der Waals surface area contributed by atoms with Gasteiger partial charge in [0.2, 0.25) is 11.8 Å². The molecule has 1 heterocycles. The largest absolute Gasteiger partial charge is 0.438 e. The highest BCUT2D eigenvalue weighted by Gasteiger charge is 2.06. The number of nitrogen functional groups attached to an aromatic ring is 1. The summed E-state index contributed by atoms with van der Waals surface area (Å²) in [5.74, 6) is 2.03. The van der Waals surface area contributed by atoms with E-state index in [1.807, 2.05) is 31.2 Å². The summed E-state index contributed by atoms with van der Waals surface area (Å²) in [5.41, 5.74) is 5.64. The molecular weight excluding hydrogens is 343 g/mol. The molecule has 6 heteroatoms. The highest BCUT2D eigenvalue weighted by Crippen LogP contribution is 2.26. The van der Waals surface area contributed by atoms with E-state index in [0.29, 0.717) is 11.7 Å². The lowest BCUT2D eigenvalue weighted by Crippen LogP contribution is -2.04. The molecule has 18 heavy (non-hydrogen) atoms. The van der Waals surface area contributed by atoms with Crippen LogP contribution in [0.25, 0.3) is 0 Å². The molecular formula is C12H13IN4O. The minimum atomic E-state index is 0.189. The molecule has 0 spiro atoms. The molecule has 0 unspecified atom stereocenters. The second-order valence-corrected chi connectivity index (χ2v) is 4.67. The highest BCUT2D eigenvalue weighted by atomic mass is 127. The van der Waals surface area contributed by atoms with Crippen LogP contribution in [0.15, 0.2) is 30.3 Å². The van der Waals surface area contributed by atoms with Crippen LogP contribution < -0.4 is 15.8 Å². The van der Waals surface area contributed by atoms with Crippen molar-refractivity contribution in [2.75, 3.05) is 17.6 Å². The van der Waals surface area contributed by atoms with Gasteiger partial charge in [-0.05, 0) is 41.6 Å². The Bertz CT molecular complexity index is 547. The Kier molecular flexibility index (Phi) is 4.19. The predicted molar refractivity (Wildman–Crippen MR) is 79.8 cm³/mol. The first-order chi connectivity index (χ1) is 8.69. The van der Waals surface area contributed by atoms with Gasteiger partial charge in [0.15, 0.2) is 0 Å². The summed E-state index contributed by atoms with van der Waals surface area (Å²) >= 11 is 2.21. The fourth-order valence-electron chi connectivity index (χ4n) is 1.41. The first kappa shape index (κ1) is 12.9. The van der Waals surface area contributed by atoms with Crippen LogP contribution in [-0.4, -0.2) is 16.5 Å². The van der Waals surface area contributed by atoms with Crippen LogP contribution in [0.3, 0.4) is 0 Å². The van der Waals surface area contributed by atoms with Crippen molar-refractivity contribution in [3.05, 3.63) is 33.9 Å². The van der Waals surface area contributed by atoms with Gasteiger partial charge in [0.25, 0.3) is 0 Å². The molecule has 0 aliphatic heterocycles. The maximum Gasteiger partial charge on any atom is 0.226 e. The van der Waals surface area contributed by atoms with E-state index in [2.05, 4.69) is 37.9 Å². The number of anilines is 2. The second-order valence-electron chi connectivity index (χ2n) is 3.51. The van der Waals surface area contributed by atoms with E-state index in [4.69, 9.17) is 10.5 Å². The molecule has 0 bridgehead atoms. The first-order valence-corrected chi connectivity index (χ1v) is 6.57. The number of aromatic nitrogens is 2. The zero-order chi connectivity index (χ0) is 13.0. The van der Waals surface area contributed by atoms with Crippen molar-refractivity contribution in [1.82, 2.24) is 9.97 Å². The molecule has 0 amide bonds. The van der Waals surface area contributed by atoms with Gasteiger partial charge in [-0.1, -0.05) is 12.1 Å². The van der Waals surface area contributed by atoms with E-state index in [-0.39, 0.29) is 5.95 Å². The third-order valence-electron chi connectivity index (χ3n) is 2.13. The van der Waals surface area contributed by atoms with Crippen LogP contribution >= 0.6 is 22.6 Å². The number of rotatable bonds is 4. The smallest absolute Gasteiger partial charge is 0.226 e. The van der Waals surface area contributed by atoms with E-state index in [1.165, 1.54) is 0 Å². The lowest BCUT2D eigenvalue weighted by molar-refractivity contribution is 0.460. The molecule has 0 saturated carbocycles. The van der Waals surface area contributed by atoms with Crippen LogP contribution in [0.1, 0.15) is 6.92 Å². The molecule has 0 fully saturated rings. The minimum Gasteiger partial charge on any atom is -0.438 e. The number of benzene rings is 1. The SMILES string of the molecule is CCNc1cc(Oc2ccccc2I)nc(N)n1. The zero-order valence-electron chi connectivity index (χ0n) is 9.85. The van der Waals surface area contributed by atoms with Crippen LogP contribution in [0.5, 0.6) is 11.6 Å².